The van der Waals surface area contributed by atoms with Crippen molar-refractivity contribution in [2.75, 3.05) is 23.3 Å². The maximum atomic E-state index is 12.5. The van der Waals surface area contributed by atoms with E-state index in [-0.39, 0.29) is 5.91 Å². The molecule has 0 fully saturated rings. The Labute approximate surface area is 160 Å². The van der Waals surface area contributed by atoms with E-state index in [1.807, 2.05) is 91.9 Å². The SMILES string of the molecule is CCN(C(=O)CCNc1ccc(Oc2ccccc2)cc1)c1ccccc1. The smallest absolute Gasteiger partial charge is 0.228 e. The van der Waals surface area contributed by atoms with Crippen molar-refractivity contribution in [1.82, 2.24) is 0 Å². The van der Waals surface area contributed by atoms with Crippen LogP contribution in [0, 0.1) is 0 Å². The molecule has 0 spiro atoms. The number of para-hydroxylation sites is 2. The summed E-state index contributed by atoms with van der Waals surface area (Å²) < 4.78 is 5.78. The Bertz CT molecular complexity index is 833. The Morgan fingerprint density at radius 2 is 1.44 bits per heavy atom. The molecular formula is C23H24N2O2. The maximum absolute atomic E-state index is 12.5. The Hall–Kier alpha value is -3.27. The number of rotatable bonds is 8. The molecule has 0 aliphatic rings. The van der Waals surface area contributed by atoms with E-state index in [4.69, 9.17) is 4.74 Å². The third-order valence-corrected chi connectivity index (χ3v) is 4.19. The minimum Gasteiger partial charge on any atom is -0.457 e. The fourth-order valence-electron chi connectivity index (χ4n) is 2.83. The number of nitrogens with one attached hydrogen (secondary N) is 1. The lowest BCUT2D eigenvalue weighted by molar-refractivity contribution is -0.118. The Morgan fingerprint density at radius 1 is 0.852 bits per heavy atom. The van der Waals surface area contributed by atoms with Crippen LogP contribution in [0.4, 0.5) is 11.4 Å². The minimum atomic E-state index is 0.111. The van der Waals surface area contributed by atoms with Gasteiger partial charge in [0.25, 0.3) is 0 Å². The molecule has 0 saturated heterocycles. The highest BCUT2D eigenvalue weighted by molar-refractivity contribution is 5.93. The molecule has 4 heteroatoms. The number of amides is 1. The number of hydrogen-bond acceptors (Lipinski definition) is 3. The lowest BCUT2D eigenvalue weighted by Gasteiger charge is -2.21. The number of hydrogen-bond donors (Lipinski definition) is 1. The molecule has 27 heavy (non-hydrogen) atoms. The molecule has 0 aromatic heterocycles. The van der Waals surface area contributed by atoms with Crippen LogP contribution in [-0.4, -0.2) is 19.0 Å². The van der Waals surface area contributed by atoms with E-state index in [0.717, 1.165) is 22.9 Å². The largest absolute Gasteiger partial charge is 0.457 e. The highest BCUT2D eigenvalue weighted by Crippen LogP contribution is 2.22. The molecule has 0 atom stereocenters. The predicted molar refractivity (Wildman–Crippen MR) is 111 cm³/mol. The summed E-state index contributed by atoms with van der Waals surface area (Å²) >= 11 is 0. The summed E-state index contributed by atoms with van der Waals surface area (Å²) in [5.74, 6) is 1.70. The molecule has 4 nitrogen and oxygen atoms in total. The van der Waals surface area contributed by atoms with Crippen LogP contribution in [0.3, 0.4) is 0 Å². The van der Waals surface area contributed by atoms with Gasteiger partial charge >= 0.3 is 0 Å². The summed E-state index contributed by atoms with van der Waals surface area (Å²) in [5, 5.41) is 3.29. The number of carbonyl (C=O) groups is 1. The summed E-state index contributed by atoms with van der Waals surface area (Å²) in [6, 6.07) is 27.2. The summed E-state index contributed by atoms with van der Waals surface area (Å²) in [7, 11) is 0. The fourth-order valence-corrected chi connectivity index (χ4v) is 2.83. The summed E-state index contributed by atoms with van der Waals surface area (Å²) in [4.78, 5) is 14.3. The Morgan fingerprint density at radius 3 is 2.07 bits per heavy atom. The molecule has 138 valence electrons. The molecule has 0 saturated carbocycles. The maximum Gasteiger partial charge on any atom is 0.228 e. The number of benzene rings is 3. The van der Waals surface area contributed by atoms with Gasteiger partial charge in [0.15, 0.2) is 0 Å². The van der Waals surface area contributed by atoms with Crippen molar-refractivity contribution in [1.29, 1.82) is 0 Å². The first-order chi connectivity index (χ1) is 13.3. The normalized spacial score (nSPS) is 10.3. The minimum absolute atomic E-state index is 0.111. The monoisotopic (exact) mass is 360 g/mol. The van der Waals surface area contributed by atoms with E-state index in [1.54, 1.807) is 4.90 Å². The van der Waals surface area contributed by atoms with Crippen LogP contribution in [0.5, 0.6) is 11.5 Å². The molecule has 3 aromatic carbocycles. The molecule has 1 amide bonds. The second-order valence-corrected chi connectivity index (χ2v) is 6.09. The van der Waals surface area contributed by atoms with E-state index in [9.17, 15) is 4.79 Å². The van der Waals surface area contributed by atoms with Gasteiger partial charge in [0.2, 0.25) is 5.91 Å². The topological polar surface area (TPSA) is 41.6 Å². The van der Waals surface area contributed by atoms with Crippen molar-refractivity contribution in [3.8, 4) is 11.5 Å². The van der Waals surface area contributed by atoms with Gasteiger partial charge in [-0.25, -0.2) is 0 Å². The number of ether oxygens (including phenoxy) is 1. The fraction of sp³-hybridized carbons (Fsp3) is 0.174. The van der Waals surface area contributed by atoms with Crippen LogP contribution in [0.1, 0.15) is 13.3 Å². The average molecular weight is 360 g/mol. The molecule has 0 unspecified atom stereocenters. The van der Waals surface area contributed by atoms with Gasteiger partial charge in [-0.15, -0.1) is 0 Å². The quantitative estimate of drug-likeness (QED) is 0.590. The molecule has 0 bridgehead atoms. The summed E-state index contributed by atoms with van der Waals surface area (Å²) in [5.41, 5.74) is 1.90. The molecule has 3 rings (SSSR count). The van der Waals surface area contributed by atoms with Gasteiger partial charge in [-0.1, -0.05) is 36.4 Å². The summed E-state index contributed by atoms with van der Waals surface area (Å²) in [6.45, 7) is 3.24. The van der Waals surface area contributed by atoms with Gasteiger partial charge < -0.3 is 15.0 Å². The number of nitrogens with zero attached hydrogens (tertiary/aromatic N) is 1. The third-order valence-electron chi connectivity index (χ3n) is 4.19. The van der Waals surface area contributed by atoms with Crippen molar-refractivity contribution in [2.24, 2.45) is 0 Å². The second-order valence-electron chi connectivity index (χ2n) is 6.09. The lowest BCUT2D eigenvalue weighted by Crippen LogP contribution is -2.31. The highest BCUT2D eigenvalue weighted by atomic mass is 16.5. The predicted octanol–water partition coefficient (Wildman–Crippen LogP) is 5.33. The van der Waals surface area contributed by atoms with Crippen molar-refractivity contribution >= 4 is 17.3 Å². The van der Waals surface area contributed by atoms with Gasteiger partial charge in [0.1, 0.15) is 11.5 Å². The highest BCUT2D eigenvalue weighted by Gasteiger charge is 2.12. The van der Waals surface area contributed by atoms with Gasteiger partial charge in [0.05, 0.1) is 0 Å². The van der Waals surface area contributed by atoms with Crippen LogP contribution >= 0.6 is 0 Å². The standard InChI is InChI=1S/C23H24N2O2/c1-2-25(20-9-5-3-6-10-20)23(26)17-18-24-19-13-15-22(16-14-19)27-21-11-7-4-8-12-21/h3-16,24H,2,17-18H2,1H3. The Balaban J connectivity index is 1.49. The van der Waals surface area contributed by atoms with E-state index in [0.29, 0.717) is 19.5 Å². The van der Waals surface area contributed by atoms with Crippen LogP contribution in [0.15, 0.2) is 84.9 Å². The lowest BCUT2D eigenvalue weighted by atomic mass is 10.2. The molecule has 0 aliphatic heterocycles. The zero-order valence-corrected chi connectivity index (χ0v) is 15.5. The molecule has 0 aliphatic carbocycles. The van der Waals surface area contributed by atoms with Gasteiger partial charge in [0, 0.05) is 30.9 Å². The van der Waals surface area contributed by atoms with Crippen LogP contribution < -0.4 is 15.0 Å². The molecular weight excluding hydrogens is 336 g/mol. The first-order valence-corrected chi connectivity index (χ1v) is 9.18. The first kappa shape index (κ1) is 18.5. The van der Waals surface area contributed by atoms with Crippen molar-refractivity contribution in [2.45, 2.75) is 13.3 Å². The van der Waals surface area contributed by atoms with E-state index >= 15 is 0 Å². The van der Waals surface area contributed by atoms with Crippen molar-refractivity contribution in [3.05, 3.63) is 84.9 Å². The zero-order valence-electron chi connectivity index (χ0n) is 15.5. The van der Waals surface area contributed by atoms with E-state index < -0.39 is 0 Å². The van der Waals surface area contributed by atoms with Crippen molar-refractivity contribution < 1.29 is 9.53 Å². The molecule has 1 N–H and O–H groups in total. The van der Waals surface area contributed by atoms with E-state index in [1.165, 1.54) is 0 Å². The summed E-state index contributed by atoms with van der Waals surface area (Å²) in [6.07, 6.45) is 0.436. The molecule has 0 radical (unpaired) electrons. The van der Waals surface area contributed by atoms with Crippen molar-refractivity contribution in [3.63, 3.8) is 0 Å². The van der Waals surface area contributed by atoms with Gasteiger partial charge in [-0.05, 0) is 55.5 Å². The van der Waals surface area contributed by atoms with Crippen LogP contribution in [-0.2, 0) is 4.79 Å². The second kappa shape index (κ2) is 9.43. The Kier molecular flexibility index (Phi) is 6.47. The van der Waals surface area contributed by atoms with Gasteiger partial charge in [-0.3, -0.25) is 4.79 Å². The third kappa shape index (κ3) is 5.35. The first-order valence-electron chi connectivity index (χ1n) is 9.18. The van der Waals surface area contributed by atoms with Crippen LogP contribution in [0.25, 0.3) is 0 Å². The zero-order chi connectivity index (χ0) is 18.9. The van der Waals surface area contributed by atoms with Crippen LogP contribution in [0.2, 0.25) is 0 Å². The van der Waals surface area contributed by atoms with Gasteiger partial charge in [-0.2, -0.15) is 0 Å². The average Bonchev–Trinajstić information content (AvgIpc) is 2.71. The molecule has 3 aromatic rings. The molecule has 0 heterocycles. The van der Waals surface area contributed by atoms with E-state index in [2.05, 4.69) is 5.32 Å². The number of carbonyl (C=O) groups excluding carboxylic acids is 1. The number of anilines is 2.